The van der Waals surface area contributed by atoms with Crippen LogP contribution in [-0.2, 0) is 5.41 Å². The minimum atomic E-state index is -0.449. The molecule has 0 radical (unpaired) electrons. The molecule has 2 saturated carbocycles. The standard InChI is InChI=1S/C65H51NO/c1-2-20-44(21-3-1)49-22-9-12-29-60(49)66(48-36-32-45(33-37-48)50-25-14-26-54-53-23-10-13-31-62(53)67-64(50)54)61-30-15-28-57-63(61)55-24-8-11-27-56(55)65(57)58-40-46(42-16-4-5-17-42)34-38-51(58)52-39-35-47(41-59(52)65)43-18-6-7-19-43/h1-3,8-15,20-43H,4-7,16-19H2. The molecule has 1 heterocycles. The molecule has 0 amide bonds. The van der Waals surface area contributed by atoms with Crippen molar-refractivity contribution in [2.45, 2.75) is 68.6 Å². The van der Waals surface area contributed by atoms with E-state index in [4.69, 9.17) is 4.42 Å². The van der Waals surface area contributed by atoms with Crippen molar-refractivity contribution < 1.29 is 4.42 Å². The third kappa shape index (κ3) is 5.82. The molecule has 322 valence electrons. The van der Waals surface area contributed by atoms with Crippen LogP contribution in [0.25, 0.3) is 66.4 Å². The lowest BCUT2D eigenvalue weighted by atomic mass is 9.69. The van der Waals surface area contributed by atoms with Crippen LogP contribution in [0.15, 0.2) is 205 Å². The Morgan fingerprint density at radius 2 is 0.940 bits per heavy atom. The van der Waals surface area contributed by atoms with E-state index in [1.165, 1.54) is 124 Å². The number of furan rings is 1. The summed E-state index contributed by atoms with van der Waals surface area (Å²) < 4.78 is 6.56. The van der Waals surface area contributed by atoms with E-state index < -0.39 is 5.41 Å². The maximum absolute atomic E-state index is 6.56. The molecule has 0 N–H and O–H groups in total. The van der Waals surface area contributed by atoms with Gasteiger partial charge in [-0.05, 0) is 129 Å². The van der Waals surface area contributed by atoms with Gasteiger partial charge in [0.25, 0.3) is 0 Å². The summed E-state index contributed by atoms with van der Waals surface area (Å²) in [6.45, 7) is 0. The Kier molecular flexibility index (Phi) is 8.88. The predicted molar refractivity (Wildman–Crippen MR) is 278 cm³/mol. The van der Waals surface area contributed by atoms with Gasteiger partial charge in [0.05, 0.1) is 16.8 Å². The molecule has 0 aliphatic heterocycles. The van der Waals surface area contributed by atoms with Gasteiger partial charge in [0.15, 0.2) is 0 Å². The topological polar surface area (TPSA) is 16.4 Å². The normalized spacial score (nSPS) is 15.9. The average Bonchev–Trinajstić information content (AvgIpc) is 4.26. The van der Waals surface area contributed by atoms with Crippen LogP contribution in [0.4, 0.5) is 17.1 Å². The summed E-state index contributed by atoms with van der Waals surface area (Å²) in [6, 6.07) is 75.8. The highest BCUT2D eigenvalue weighted by atomic mass is 16.3. The first kappa shape index (κ1) is 38.8. The molecule has 2 heteroatoms. The zero-order valence-corrected chi connectivity index (χ0v) is 37.7. The number of benzene rings is 9. The first-order valence-electron chi connectivity index (χ1n) is 24.7. The van der Waals surface area contributed by atoms with Crippen LogP contribution >= 0.6 is 0 Å². The fourth-order valence-corrected chi connectivity index (χ4v) is 13.2. The van der Waals surface area contributed by atoms with Gasteiger partial charge < -0.3 is 9.32 Å². The maximum Gasteiger partial charge on any atom is 0.143 e. The fraction of sp³-hybridized carbons (Fsp3) is 0.169. The van der Waals surface area contributed by atoms with Crippen molar-refractivity contribution in [1.82, 2.24) is 0 Å². The van der Waals surface area contributed by atoms with Gasteiger partial charge in [0.2, 0.25) is 0 Å². The molecule has 2 fully saturated rings. The second kappa shape index (κ2) is 15.3. The van der Waals surface area contributed by atoms with Crippen LogP contribution in [0, 0.1) is 0 Å². The molecule has 1 aromatic heterocycles. The molecule has 4 aliphatic carbocycles. The van der Waals surface area contributed by atoms with Gasteiger partial charge in [-0.2, -0.15) is 0 Å². The fourth-order valence-electron chi connectivity index (χ4n) is 13.2. The van der Waals surface area contributed by atoms with E-state index in [-0.39, 0.29) is 0 Å². The third-order valence-electron chi connectivity index (χ3n) is 16.2. The highest BCUT2D eigenvalue weighted by molar-refractivity contribution is 6.10. The Morgan fingerprint density at radius 1 is 0.388 bits per heavy atom. The molecule has 9 aromatic carbocycles. The SMILES string of the molecule is c1ccc(-c2ccccc2N(c2ccc(-c3cccc4c3oc3ccccc34)cc2)c2cccc3c2-c2ccccc2C32c3cc(C4CCCC4)ccc3-c3ccc(C4CCCC4)cc32)cc1. The van der Waals surface area contributed by atoms with E-state index in [9.17, 15) is 0 Å². The lowest BCUT2D eigenvalue weighted by molar-refractivity contribution is 0.670. The molecule has 0 atom stereocenters. The molecular weight excluding hydrogens is 811 g/mol. The minimum Gasteiger partial charge on any atom is -0.455 e. The minimum absolute atomic E-state index is 0.449. The lowest BCUT2D eigenvalue weighted by Crippen LogP contribution is -2.26. The van der Waals surface area contributed by atoms with Gasteiger partial charge in [-0.1, -0.05) is 196 Å². The highest BCUT2D eigenvalue weighted by Gasteiger charge is 2.53. The van der Waals surface area contributed by atoms with Gasteiger partial charge >= 0.3 is 0 Å². The quantitative estimate of drug-likeness (QED) is 0.159. The van der Waals surface area contributed by atoms with Crippen LogP contribution < -0.4 is 4.90 Å². The number of fused-ring (bicyclic) bond motifs is 13. The Hall–Kier alpha value is -7.42. The summed E-state index contributed by atoms with van der Waals surface area (Å²) in [4.78, 5) is 2.54. The van der Waals surface area contributed by atoms with Crippen molar-refractivity contribution in [3.05, 3.63) is 234 Å². The number of para-hydroxylation sites is 3. The molecule has 0 bridgehead atoms. The monoisotopic (exact) mass is 861 g/mol. The van der Waals surface area contributed by atoms with Gasteiger partial charge in [0.1, 0.15) is 11.2 Å². The second-order valence-electron chi connectivity index (χ2n) is 19.6. The summed E-state index contributed by atoms with van der Waals surface area (Å²) in [6.07, 6.45) is 10.4. The molecule has 4 aliphatic rings. The van der Waals surface area contributed by atoms with Crippen LogP contribution in [0.3, 0.4) is 0 Å². The highest BCUT2D eigenvalue weighted by Crippen LogP contribution is 2.65. The van der Waals surface area contributed by atoms with Crippen molar-refractivity contribution in [3.8, 4) is 44.5 Å². The Morgan fingerprint density at radius 3 is 1.67 bits per heavy atom. The first-order valence-corrected chi connectivity index (χ1v) is 24.7. The van der Waals surface area contributed by atoms with Gasteiger partial charge in [-0.15, -0.1) is 0 Å². The largest absolute Gasteiger partial charge is 0.455 e. The number of anilines is 3. The first-order chi connectivity index (χ1) is 33.2. The van der Waals surface area contributed by atoms with E-state index in [0.717, 1.165) is 44.4 Å². The summed E-state index contributed by atoms with van der Waals surface area (Å²) in [5.74, 6) is 1.24. The number of hydrogen-bond acceptors (Lipinski definition) is 2. The van der Waals surface area contributed by atoms with E-state index in [1.54, 1.807) is 0 Å². The predicted octanol–water partition coefficient (Wildman–Crippen LogP) is 18.0. The van der Waals surface area contributed by atoms with Crippen LogP contribution in [0.5, 0.6) is 0 Å². The lowest BCUT2D eigenvalue weighted by Gasteiger charge is -2.33. The second-order valence-corrected chi connectivity index (χ2v) is 19.6. The molecule has 10 aromatic rings. The zero-order valence-electron chi connectivity index (χ0n) is 37.7. The molecule has 0 saturated heterocycles. The number of rotatable bonds is 7. The van der Waals surface area contributed by atoms with Gasteiger partial charge in [0, 0.05) is 33.2 Å². The molecule has 0 unspecified atom stereocenters. The van der Waals surface area contributed by atoms with Crippen molar-refractivity contribution >= 4 is 39.0 Å². The van der Waals surface area contributed by atoms with Crippen molar-refractivity contribution in [2.24, 2.45) is 0 Å². The van der Waals surface area contributed by atoms with Crippen molar-refractivity contribution in [3.63, 3.8) is 0 Å². The summed E-state index contributed by atoms with van der Waals surface area (Å²) in [5.41, 5.74) is 23.6. The van der Waals surface area contributed by atoms with Crippen LogP contribution in [-0.4, -0.2) is 0 Å². The summed E-state index contributed by atoms with van der Waals surface area (Å²) in [5, 5.41) is 2.29. The average molecular weight is 862 g/mol. The summed E-state index contributed by atoms with van der Waals surface area (Å²) in [7, 11) is 0. The van der Waals surface area contributed by atoms with E-state index in [2.05, 4.69) is 199 Å². The van der Waals surface area contributed by atoms with E-state index >= 15 is 0 Å². The number of hydrogen-bond donors (Lipinski definition) is 0. The Bertz CT molecular complexity index is 3480. The third-order valence-corrected chi connectivity index (χ3v) is 16.2. The van der Waals surface area contributed by atoms with E-state index in [0.29, 0.717) is 11.8 Å². The molecule has 1 spiro atoms. The Labute approximate surface area is 393 Å². The molecule has 14 rings (SSSR count). The zero-order chi connectivity index (χ0) is 44.1. The smallest absolute Gasteiger partial charge is 0.143 e. The van der Waals surface area contributed by atoms with E-state index in [1.807, 2.05) is 6.07 Å². The van der Waals surface area contributed by atoms with Gasteiger partial charge in [-0.3, -0.25) is 0 Å². The number of nitrogens with zero attached hydrogens (tertiary/aromatic N) is 1. The van der Waals surface area contributed by atoms with Crippen LogP contribution in [0.1, 0.15) is 96.6 Å². The maximum atomic E-state index is 6.56. The van der Waals surface area contributed by atoms with Crippen LogP contribution in [0.2, 0.25) is 0 Å². The molecular formula is C65H51NO. The van der Waals surface area contributed by atoms with Crippen molar-refractivity contribution in [1.29, 1.82) is 0 Å². The molecule has 2 nitrogen and oxygen atoms in total. The Balaban J connectivity index is 1.02. The van der Waals surface area contributed by atoms with Gasteiger partial charge in [-0.25, -0.2) is 0 Å². The van der Waals surface area contributed by atoms with Crippen molar-refractivity contribution in [2.75, 3.05) is 4.90 Å². The molecule has 67 heavy (non-hydrogen) atoms. The summed E-state index contributed by atoms with van der Waals surface area (Å²) >= 11 is 0.